The zero-order valence-corrected chi connectivity index (χ0v) is 17.3. The smallest absolute Gasteiger partial charge is 0.194 e. The van der Waals surface area contributed by atoms with Crippen molar-refractivity contribution < 1.29 is 4.52 Å². The molecular formula is C21H32N6O. The highest BCUT2D eigenvalue weighted by molar-refractivity contribution is 5.80. The van der Waals surface area contributed by atoms with Crippen LogP contribution in [0.3, 0.4) is 0 Å². The molecule has 0 spiro atoms. The third-order valence-corrected chi connectivity index (χ3v) is 5.25. The molecule has 0 saturated carbocycles. The minimum Gasteiger partial charge on any atom is -0.359 e. The quantitative estimate of drug-likeness (QED) is 0.584. The summed E-state index contributed by atoms with van der Waals surface area (Å²) in [5.74, 6) is 3.27. The van der Waals surface area contributed by atoms with Gasteiger partial charge in [0, 0.05) is 50.9 Å². The van der Waals surface area contributed by atoms with Crippen LogP contribution in [0.1, 0.15) is 51.0 Å². The zero-order valence-electron chi connectivity index (χ0n) is 17.3. The van der Waals surface area contributed by atoms with Crippen LogP contribution in [0.15, 0.2) is 40.0 Å². The van der Waals surface area contributed by atoms with Crippen molar-refractivity contribution in [3.63, 3.8) is 0 Å². The summed E-state index contributed by atoms with van der Waals surface area (Å²) in [6.45, 7) is 11.5. The molecule has 152 valence electrons. The monoisotopic (exact) mass is 384 g/mol. The minimum absolute atomic E-state index is 0.467. The molecule has 0 atom stereocenters. The summed E-state index contributed by atoms with van der Waals surface area (Å²) in [4.78, 5) is 13.9. The van der Waals surface area contributed by atoms with Crippen molar-refractivity contribution in [1.29, 1.82) is 0 Å². The normalized spacial score (nSPS) is 15.4. The Hall–Kier alpha value is -2.57. The van der Waals surface area contributed by atoms with E-state index in [1.54, 1.807) is 0 Å². The molecule has 0 bridgehead atoms. The number of rotatable bonds is 7. The standard InChI is InChI=1S/C21H32N6O/c1-4-17(5-2)19-15-18(28-25-19)16-24-21(22-6-3)27-13-11-26(12-14-27)20-9-7-8-10-23-20/h7-10,15,17H,4-6,11-14,16H2,1-3H3,(H,22,24). The molecule has 0 aliphatic carbocycles. The molecule has 1 saturated heterocycles. The molecule has 3 rings (SSSR count). The second-order valence-electron chi connectivity index (χ2n) is 7.06. The Morgan fingerprint density at radius 2 is 1.96 bits per heavy atom. The number of aromatic nitrogens is 2. The van der Waals surface area contributed by atoms with Gasteiger partial charge in [0.25, 0.3) is 0 Å². The molecule has 0 unspecified atom stereocenters. The fraction of sp³-hybridized carbons (Fsp3) is 0.571. The van der Waals surface area contributed by atoms with Crippen LogP contribution in [-0.4, -0.2) is 53.7 Å². The maximum atomic E-state index is 5.52. The van der Waals surface area contributed by atoms with Gasteiger partial charge in [0.15, 0.2) is 11.7 Å². The highest BCUT2D eigenvalue weighted by Gasteiger charge is 2.20. The fourth-order valence-corrected chi connectivity index (χ4v) is 3.57. The number of hydrogen-bond acceptors (Lipinski definition) is 5. The first-order valence-electron chi connectivity index (χ1n) is 10.4. The van der Waals surface area contributed by atoms with E-state index in [-0.39, 0.29) is 0 Å². The van der Waals surface area contributed by atoms with Gasteiger partial charge in [-0.25, -0.2) is 9.98 Å². The Balaban J connectivity index is 1.60. The van der Waals surface area contributed by atoms with Crippen LogP contribution in [0.5, 0.6) is 0 Å². The number of aliphatic imine (C=N–C) groups is 1. The molecule has 1 aliphatic rings. The second kappa shape index (κ2) is 10.1. The van der Waals surface area contributed by atoms with Crippen LogP contribution in [0.2, 0.25) is 0 Å². The van der Waals surface area contributed by atoms with Crippen LogP contribution < -0.4 is 10.2 Å². The van der Waals surface area contributed by atoms with E-state index in [4.69, 9.17) is 9.52 Å². The summed E-state index contributed by atoms with van der Waals surface area (Å²) >= 11 is 0. The van der Waals surface area contributed by atoms with E-state index >= 15 is 0 Å². The molecule has 3 heterocycles. The third-order valence-electron chi connectivity index (χ3n) is 5.25. The zero-order chi connectivity index (χ0) is 19.8. The molecule has 2 aromatic heterocycles. The molecular weight excluding hydrogens is 352 g/mol. The first kappa shape index (κ1) is 20.2. The minimum atomic E-state index is 0.467. The van der Waals surface area contributed by atoms with Gasteiger partial charge >= 0.3 is 0 Å². The molecule has 0 amide bonds. The number of piperazine rings is 1. The summed E-state index contributed by atoms with van der Waals surface area (Å²) in [6.07, 6.45) is 4.00. The van der Waals surface area contributed by atoms with Crippen molar-refractivity contribution in [2.24, 2.45) is 4.99 Å². The maximum Gasteiger partial charge on any atom is 0.194 e. The second-order valence-corrected chi connectivity index (χ2v) is 7.06. The van der Waals surface area contributed by atoms with Gasteiger partial charge in [-0.2, -0.15) is 0 Å². The first-order valence-corrected chi connectivity index (χ1v) is 10.4. The highest BCUT2D eigenvalue weighted by Crippen LogP contribution is 2.22. The van der Waals surface area contributed by atoms with Crippen molar-refractivity contribution in [2.75, 3.05) is 37.6 Å². The lowest BCUT2D eigenvalue weighted by molar-refractivity contribution is 0.361. The van der Waals surface area contributed by atoms with Crippen molar-refractivity contribution in [3.8, 4) is 0 Å². The summed E-state index contributed by atoms with van der Waals surface area (Å²) in [5, 5.41) is 7.66. The Labute approximate surface area is 167 Å². The van der Waals surface area contributed by atoms with Crippen LogP contribution in [0, 0.1) is 0 Å². The van der Waals surface area contributed by atoms with Crippen molar-refractivity contribution in [3.05, 3.63) is 41.9 Å². The summed E-state index contributed by atoms with van der Waals surface area (Å²) < 4.78 is 5.52. The van der Waals surface area contributed by atoms with Crippen molar-refractivity contribution >= 4 is 11.8 Å². The summed E-state index contributed by atoms with van der Waals surface area (Å²) in [5.41, 5.74) is 1.05. The highest BCUT2D eigenvalue weighted by atomic mass is 16.5. The Morgan fingerprint density at radius 1 is 1.18 bits per heavy atom. The number of nitrogens with one attached hydrogen (secondary N) is 1. The van der Waals surface area contributed by atoms with Crippen molar-refractivity contribution in [2.45, 2.75) is 46.1 Å². The average molecular weight is 385 g/mol. The van der Waals surface area contributed by atoms with Gasteiger partial charge in [-0.1, -0.05) is 25.1 Å². The molecule has 2 aromatic rings. The van der Waals surface area contributed by atoms with Gasteiger partial charge in [0.1, 0.15) is 12.4 Å². The van der Waals surface area contributed by atoms with Crippen molar-refractivity contribution in [1.82, 2.24) is 20.4 Å². The lowest BCUT2D eigenvalue weighted by atomic mass is 9.99. The van der Waals surface area contributed by atoms with E-state index in [2.05, 4.69) is 58.2 Å². The predicted octanol–water partition coefficient (Wildman–Crippen LogP) is 3.26. The van der Waals surface area contributed by atoms with Crippen LogP contribution in [0.4, 0.5) is 5.82 Å². The Morgan fingerprint density at radius 3 is 2.61 bits per heavy atom. The maximum absolute atomic E-state index is 5.52. The molecule has 28 heavy (non-hydrogen) atoms. The third kappa shape index (κ3) is 5.03. The number of guanidine groups is 1. The number of hydrogen-bond donors (Lipinski definition) is 1. The molecule has 7 nitrogen and oxygen atoms in total. The molecule has 0 radical (unpaired) electrons. The van der Waals surface area contributed by atoms with E-state index in [0.29, 0.717) is 12.5 Å². The molecule has 0 aromatic carbocycles. The number of nitrogens with zero attached hydrogens (tertiary/aromatic N) is 5. The topological polar surface area (TPSA) is 69.8 Å². The van der Waals surface area contributed by atoms with E-state index < -0.39 is 0 Å². The summed E-state index contributed by atoms with van der Waals surface area (Å²) in [6, 6.07) is 8.11. The summed E-state index contributed by atoms with van der Waals surface area (Å²) in [7, 11) is 0. The largest absolute Gasteiger partial charge is 0.359 e. The average Bonchev–Trinajstić information content (AvgIpc) is 3.21. The van der Waals surface area contributed by atoms with Gasteiger partial charge in [0.2, 0.25) is 0 Å². The van der Waals surface area contributed by atoms with Gasteiger partial charge < -0.3 is 19.6 Å². The van der Waals surface area contributed by atoms with Crippen LogP contribution in [0.25, 0.3) is 0 Å². The van der Waals surface area contributed by atoms with E-state index in [1.165, 1.54) is 0 Å². The molecule has 7 heteroatoms. The SMILES string of the molecule is CCNC(=NCc1cc(C(CC)CC)no1)N1CCN(c2ccccn2)CC1. The lowest BCUT2D eigenvalue weighted by Gasteiger charge is -2.37. The van der Waals surface area contributed by atoms with Crippen LogP contribution in [-0.2, 0) is 6.54 Å². The molecule has 1 fully saturated rings. The van der Waals surface area contributed by atoms with Gasteiger partial charge in [-0.05, 0) is 31.9 Å². The van der Waals surface area contributed by atoms with Gasteiger partial charge in [-0.3, -0.25) is 0 Å². The van der Waals surface area contributed by atoms with E-state index in [9.17, 15) is 0 Å². The predicted molar refractivity (Wildman–Crippen MR) is 113 cm³/mol. The van der Waals surface area contributed by atoms with Crippen LogP contribution >= 0.6 is 0 Å². The Bertz CT molecular complexity index is 732. The Kier molecular flexibility index (Phi) is 7.28. The van der Waals surface area contributed by atoms with Gasteiger partial charge in [0.05, 0.1) is 5.69 Å². The lowest BCUT2D eigenvalue weighted by Crippen LogP contribution is -2.52. The van der Waals surface area contributed by atoms with Gasteiger partial charge in [-0.15, -0.1) is 0 Å². The van der Waals surface area contributed by atoms with E-state index in [1.807, 2.05) is 18.3 Å². The molecule has 1 N–H and O–H groups in total. The fourth-order valence-electron chi connectivity index (χ4n) is 3.57. The molecule has 1 aliphatic heterocycles. The number of anilines is 1. The first-order chi connectivity index (χ1) is 13.7. The number of pyridine rings is 1. The van der Waals surface area contributed by atoms with E-state index in [0.717, 1.165) is 68.8 Å².